The molecule has 2 aliphatic heterocycles. The molecule has 6 fully saturated rings. The fraction of sp³-hybridized carbons (Fsp3) is 0.947. The molecule has 0 radical (unpaired) electrons. The Bertz CT molecular complexity index is 439. The lowest BCUT2D eigenvalue weighted by Gasteiger charge is -2.57. The number of hydrogen-bond acceptors (Lipinski definition) is 2. The smallest absolute Gasteiger partial charge is 0.223 e. The zero-order valence-corrected chi connectivity index (χ0v) is 13.7. The van der Waals surface area contributed by atoms with E-state index in [9.17, 15) is 4.79 Å². The van der Waals surface area contributed by atoms with Crippen LogP contribution in [-0.2, 0) is 4.79 Å². The molecule has 2 atom stereocenters. The third kappa shape index (κ3) is 2.23. The van der Waals surface area contributed by atoms with Crippen molar-refractivity contribution < 1.29 is 4.79 Å². The maximum Gasteiger partial charge on any atom is 0.223 e. The lowest BCUT2D eigenvalue weighted by Crippen LogP contribution is -2.51. The summed E-state index contributed by atoms with van der Waals surface area (Å²) in [5.74, 6) is 4.11. The van der Waals surface area contributed by atoms with Gasteiger partial charge in [0, 0.05) is 25.6 Å². The van der Waals surface area contributed by atoms with Gasteiger partial charge in [0.25, 0.3) is 0 Å². The van der Waals surface area contributed by atoms with E-state index < -0.39 is 0 Å². The molecule has 0 aromatic heterocycles. The van der Waals surface area contributed by atoms with E-state index in [4.69, 9.17) is 0 Å². The first-order valence-corrected chi connectivity index (χ1v) is 9.70. The van der Waals surface area contributed by atoms with Crippen molar-refractivity contribution in [3.8, 4) is 0 Å². The van der Waals surface area contributed by atoms with Crippen LogP contribution in [0, 0.1) is 29.1 Å². The summed E-state index contributed by atoms with van der Waals surface area (Å²) in [4.78, 5) is 15.2. The summed E-state index contributed by atoms with van der Waals surface area (Å²) in [6.45, 7) is 3.19. The van der Waals surface area contributed by atoms with Gasteiger partial charge in [-0.25, -0.2) is 0 Å². The summed E-state index contributed by atoms with van der Waals surface area (Å²) in [5, 5.41) is 3.61. The lowest BCUT2D eigenvalue weighted by molar-refractivity contribution is -0.141. The first kappa shape index (κ1) is 13.8. The number of amides is 1. The van der Waals surface area contributed by atoms with E-state index in [1.165, 1.54) is 51.4 Å². The van der Waals surface area contributed by atoms with Crippen molar-refractivity contribution >= 4 is 5.91 Å². The molecule has 0 aromatic rings. The molecule has 1 amide bonds. The Hall–Kier alpha value is -0.570. The number of carbonyl (C=O) groups is 1. The van der Waals surface area contributed by atoms with Crippen LogP contribution in [0.25, 0.3) is 0 Å². The van der Waals surface area contributed by atoms with Gasteiger partial charge in [-0.05, 0) is 87.0 Å². The molecule has 2 saturated heterocycles. The van der Waals surface area contributed by atoms with Crippen molar-refractivity contribution in [2.45, 2.75) is 63.8 Å². The molecule has 22 heavy (non-hydrogen) atoms. The van der Waals surface area contributed by atoms with Gasteiger partial charge in [0.2, 0.25) is 5.91 Å². The number of piperidine rings is 1. The predicted molar refractivity (Wildman–Crippen MR) is 86.3 cm³/mol. The molecule has 0 spiro atoms. The summed E-state index contributed by atoms with van der Waals surface area (Å²) in [5.41, 5.74) is 0.413. The van der Waals surface area contributed by atoms with Crippen LogP contribution in [0.5, 0.6) is 0 Å². The first-order valence-electron chi connectivity index (χ1n) is 9.70. The zero-order valence-electron chi connectivity index (χ0n) is 13.7. The van der Waals surface area contributed by atoms with Gasteiger partial charge in [-0.3, -0.25) is 4.79 Å². The summed E-state index contributed by atoms with van der Waals surface area (Å²) >= 11 is 0. The normalized spacial score (nSPS) is 49.5. The Morgan fingerprint density at radius 2 is 1.73 bits per heavy atom. The molecule has 2 heterocycles. The average molecular weight is 302 g/mol. The Balaban J connectivity index is 1.27. The standard InChI is InChI=1S/C19H30N2O/c22-18(21-4-2-17-16(12-21)1-3-20-17)11-19-8-13-5-14(9-19)7-15(6-13)10-19/h13-17,20H,1-12H2. The molecule has 4 bridgehead atoms. The zero-order chi connectivity index (χ0) is 14.7. The maximum atomic E-state index is 13.0. The molecule has 3 heteroatoms. The monoisotopic (exact) mass is 302 g/mol. The van der Waals surface area contributed by atoms with Crippen LogP contribution >= 0.6 is 0 Å². The molecule has 4 saturated carbocycles. The summed E-state index contributed by atoms with van der Waals surface area (Å²) in [6, 6.07) is 0.698. The minimum absolute atomic E-state index is 0.413. The highest BCUT2D eigenvalue weighted by Crippen LogP contribution is 2.61. The molecule has 4 aliphatic carbocycles. The van der Waals surface area contributed by atoms with Gasteiger partial charge in [-0.1, -0.05) is 0 Å². The molecular formula is C19H30N2O. The Kier molecular flexibility index (Phi) is 3.12. The van der Waals surface area contributed by atoms with Crippen LogP contribution in [-0.4, -0.2) is 36.5 Å². The number of carbonyl (C=O) groups excluding carboxylic acids is 1. The van der Waals surface area contributed by atoms with Crippen LogP contribution in [0.1, 0.15) is 57.8 Å². The maximum absolute atomic E-state index is 13.0. The van der Waals surface area contributed by atoms with Gasteiger partial charge in [-0.2, -0.15) is 0 Å². The van der Waals surface area contributed by atoms with E-state index in [2.05, 4.69) is 10.2 Å². The van der Waals surface area contributed by atoms with Gasteiger partial charge in [0.1, 0.15) is 0 Å². The van der Waals surface area contributed by atoms with Gasteiger partial charge < -0.3 is 10.2 Å². The van der Waals surface area contributed by atoms with E-state index in [1.807, 2.05) is 0 Å². The van der Waals surface area contributed by atoms with Crippen molar-refractivity contribution in [3.63, 3.8) is 0 Å². The molecule has 3 nitrogen and oxygen atoms in total. The molecule has 6 aliphatic rings. The minimum atomic E-state index is 0.413. The number of likely N-dealkylation sites (tertiary alicyclic amines) is 1. The quantitative estimate of drug-likeness (QED) is 0.851. The van der Waals surface area contributed by atoms with Crippen LogP contribution in [0.2, 0.25) is 0 Å². The van der Waals surface area contributed by atoms with Gasteiger partial charge in [0.05, 0.1) is 0 Å². The minimum Gasteiger partial charge on any atom is -0.342 e. The molecule has 6 rings (SSSR count). The molecule has 1 N–H and O–H groups in total. The average Bonchev–Trinajstić information content (AvgIpc) is 2.92. The Morgan fingerprint density at radius 1 is 1.05 bits per heavy atom. The lowest BCUT2D eigenvalue weighted by atomic mass is 9.49. The van der Waals surface area contributed by atoms with Crippen LogP contribution in [0.3, 0.4) is 0 Å². The van der Waals surface area contributed by atoms with E-state index in [1.54, 1.807) is 0 Å². The van der Waals surface area contributed by atoms with E-state index in [-0.39, 0.29) is 0 Å². The molecular weight excluding hydrogens is 272 g/mol. The fourth-order valence-corrected chi connectivity index (χ4v) is 7.21. The number of rotatable bonds is 2. The van der Waals surface area contributed by atoms with E-state index >= 15 is 0 Å². The third-order valence-electron chi connectivity index (χ3n) is 7.70. The van der Waals surface area contributed by atoms with Crippen molar-refractivity contribution in [3.05, 3.63) is 0 Å². The van der Waals surface area contributed by atoms with Crippen LogP contribution in [0.4, 0.5) is 0 Å². The number of nitrogens with zero attached hydrogens (tertiary/aromatic N) is 1. The van der Waals surface area contributed by atoms with Gasteiger partial charge in [-0.15, -0.1) is 0 Å². The second-order valence-corrected chi connectivity index (χ2v) is 9.33. The Morgan fingerprint density at radius 3 is 2.41 bits per heavy atom. The van der Waals surface area contributed by atoms with Crippen LogP contribution in [0.15, 0.2) is 0 Å². The van der Waals surface area contributed by atoms with E-state index in [0.717, 1.165) is 49.7 Å². The summed E-state index contributed by atoms with van der Waals surface area (Å²) in [7, 11) is 0. The number of hydrogen-bond donors (Lipinski definition) is 1. The third-order valence-corrected chi connectivity index (χ3v) is 7.70. The SMILES string of the molecule is O=C(CC12CC3CC(CC(C3)C1)C2)N1CCC2NCCC2C1. The predicted octanol–water partition coefficient (Wildman–Crippen LogP) is 2.80. The number of fused-ring (bicyclic) bond motifs is 1. The van der Waals surface area contributed by atoms with Gasteiger partial charge >= 0.3 is 0 Å². The number of nitrogens with one attached hydrogen (secondary N) is 1. The molecule has 0 aromatic carbocycles. The first-order chi connectivity index (χ1) is 10.7. The summed E-state index contributed by atoms with van der Waals surface area (Å²) in [6.07, 6.45) is 11.9. The van der Waals surface area contributed by atoms with Gasteiger partial charge in [0.15, 0.2) is 0 Å². The largest absolute Gasteiger partial charge is 0.342 e. The van der Waals surface area contributed by atoms with Crippen molar-refractivity contribution in [1.82, 2.24) is 10.2 Å². The summed E-state index contributed by atoms with van der Waals surface area (Å²) < 4.78 is 0. The highest BCUT2D eigenvalue weighted by molar-refractivity contribution is 5.77. The van der Waals surface area contributed by atoms with Crippen LogP contribution < -0.4 is 5.32 Å². The topological polar surface area (TPSA) is 32.3 Å². The second kappa shape index (κ2) is 4.96. The van der Waals surface area contributed by atoms with Crippen molar-refractivity contribution in [1.29, 1.82) is 0 Å². The highest BCUT2D eigenvalue weighted by atomic mass is 16.2. The van der Waals surface area contributed by atoms with Crippen molar-refractivity contribution in [2.75, 3.05) is 19.6 Å². The molecule has 2 unspecified atom stereocenters. The Labute approximate surface area is 134 Å². The second-order valence-electron chi connectivity index (χ2n) is 9.33. The fourth-order valence-electron chi connectivity index (χ4n) is 7.21. The van der Waals surface area contributed by atoms with Crippen molar-refractivity contribution in [2.24, 2.45) is 29.1 Å². The molecule has 122 valence electrons. The van der Waals surface area contributed by atoms with E-state index in [0.29, 0.717) is 17.4 Å². The highest BCUT2D eigenvalue weighted by Gasteiger charge is 2.52.